The second kappa shape index (κ2) is 3.67. The molecule has 2 heterocycles. The molecule has 17 heavy (non-hydrogen) atoms. The highest BCUT2D eigenvalue weighted by Gasteiger charge is 2.28. The number of hydrogen-bond donors (Lipinski definition) is 0. The van der Waals surface area contributed by atoms with Crippen molar-refractivity contribution in [3.05, 3.63) is 46.0 Å². The van der Waals surface area contributed by atoms with Crippen LogP contribution in [0.5, 0.6) is 0 Å². The molecular formula is C13H12FNO2. The lowest BCUT2D eigenvalue weighted by Gasteiger charge is -2.09. The van der Waals surface area contributed by atoms with Crippen molar-refractivity contribution < 1.29 is 9.13 Å². The molecule has 1 aromatic heterocycles. The molecule has 2 aromatic rings. The molecule has 0 spiro atoms. The molecule has 3 nitrogen and oxygen atoms in total. The van der Waals surface area contributed by atoms with E-state index in [1.54, 1.807) is 23.8 Å². The highest BCUT2D eigenvalue weighted by Crippen LogP contribution is 2.34. The van der Waals surface area contributed by atoms with E-state index in [-0.39, 0.29) is 17.3 Å². The second-order valence-corrected chi connectivity index (χ2v) is 4.33. The number of nitrogens with zero attached hydrogens (tertiary/aromatic N) is 1. The Morgan fingerprint density at radius 3 is 2.94 bits per heavy atom. The van der Waals surface area contributed by atoms with Gasteiger partial charge in [0.2, 0.25) is 0 Å². The van der Waals surface area contributed by atoms with Crippen LogP contribution in [0, 0.1) is 5.82 Å². The molecule has 0 fully saturated rings. The van der Waals surface area contributed by atoms with Crippen LogP contribution >= 0.6 is 0 Å². The molecule has 88 valence electrons. The number of hydrogen-bond acceptors (Lipinski definition) is 2. The Bertz CT molecular complexity index is 648. The van der Waals surface area contributed by atoms with E-state index in [1.807, 2.05) is 0 Å². The summed E-state index contributed by atoms with van der Waals surface area (Å²) in [5.74, 6) is -0.324. The summed E-state index contributed by atoms with van der Waals surface area (Å²) in [6.07, 6.45) is 0. The van der Waals surface area contributed by atoms with Crippen molar-refractivity contribution in [3.63, 3.8) is 0 Å². The zero-order valence-electron chi connectivity index (χ0n) is 9.44. The van der Waals surface area contributed by atoms with Crippen LogP contribution in [-0.4, -0.2) is 18.3 Å². The molecule has 1 aliphatic heterocycles. The number of aromatic nitrogens is 1. The van der Waals surface area contributed by atoms with Gasteiger partial charge in [0.15, 0.2) is 0 Å². The maximum atomic E-state index is 13.9. The molecule has 0 bridgehead atoms. The molecule has 1 aliphatic rings. The normalized spacial score (nSPS) is 17.9. The van der Waals surface area contributed by atoms with Crippen LogP contribution in [0.1, 0.15) is 11.5 Å². The SMILES string of the molecule is COCC1Cn2c(=O)ccc3ccc(F)c1c32. The summed E-state index contributed by atoms with van der Waals surface area (Å²) in [5, 5.41) is 0.902. The minimum absolute atomic E-state index is 0.0706. The third-order valence-corrected chi connectivity index (χ3v) is 3.32. The predicted molar refractivity (Wildman–Crippen MR) is 62.8 cm³/mol. The fourth-order valence-electron chi connectivity index (χ4n) is 2.62. The van der Waals surface area contributed by atoms with Gasteiger partial charge >= 0.3 is 0 Å². The van der Waals surface area contributed by atoms with E-state index in [0.717, 1.165) is 10.9 Å². The Balaban J connectivity index is 2.36. The quantitative estimate of drug-likeness (QED) is 0.793. The van der Waals surface area contributed by atoms with E-state index in [0.29, 0.717) is 18.7 Å². The highest BCUT2D eigenvalue weighted by molar-refractivity contribution is 5.84. The lowest BCUT2D eigenvalue weighted by Crippen LogP contribution is -2.18. The van der Waals surface area contributed by atoms with Gasteiger partial charge in [-0.2, -0.15) is 0 Å². The predicted octanol–water partition coefficient (Wildman–Crippen LogP) is 1.88. The summed E-state index contributed by atoms with van der Waals surface area (Å²) in [6.45, 7) is 0.928. The zero-order chi connectivity index (χ0) is 12.0. The molecule has 0 amide bonds. The monoisotopic (exact) mass is 233 g/mol. The van der Waals surface area contributed by atoms with Crippen molar-refractivity contribution in [2.24, 2.45) is 0 Å². The zero-order valence-corrected chi connectivity index (χ0v) is 9.44. The summed E-state index contributed by atoms with van der Waals surface area (Å²) in [5.41, 5.74) is 1.25. The Hall–Kier alpha value is -1.68. The van der Waals surface area contributed by atoms with Crippen molar-refractivity contribution in [3.8, 4) is 0 Å². The first-order valence-corrected chi connectivity index (χ1v) is 5.53. The largest absolute Gasteiger partial charge is 0.384 e. The molecule has 3 rings (SSSR count). The molecule has 0 N–H and O–H groups in total. The third kappa shape index (κ3) is 1.41. The molecule has 0 aliphatic carbocycles. The van der Waals surface area contributed by atoms with E-state index >= 15 is 0 Å². The van der Waals surface area contributed by atoms with Crippen molar-refractivity contribution in [1.82, 2.24) is 4.57 Å². The van der Waals surface area contributed by atoms with Gasteiger partial charge < -0.3 is 9.30 Å². The first kappa shape index (κ1) is 10.5. The summed E-state index contributed by atoms with van der Waals surface area (Å²) in [4.78, 5) is 11.8. The van der Waals surface area contributed by atoms with Crippen LogP contribution in [0.4, 0.5) is 4.39 Å². The molecule has 4 heteroatoms. The van der Waals surface area contributed by atoms with Crippen LogP contribution in [0.15, 0.2) is 29.1 Å². The van der Waals surface area contributed by atoms with E-state index in [4.69, 9.17) is 4.74 Å². The first-order chi connectivity index (χ1) is 8.22. The number of rotatable bonds is 2. The van der Waals surface area contributed by atoms with Gasteiger partial charge in [0.05, 0.1) is 12.1 Å². The molecule has 1 aromatic carbocycles. The van der Waals surface area contributed by atoms with Gasteiger partial charge in [0.25, 0.3) is 5.56 Å². The number of methoxy groups -OCH3 is 1. The Labute approximate surface area is 97.4 Å². The minimum Gasteiger partial charge on any atom is -0.384 e. The standard InChI is InChI=1S/C13H12FNO2/c1-17-7-9-6-15-11(16)5-3-8-2-4-10(14)12(9)13(8)15/h2-5,9H,6-7H2,1H3. The topological polar surface area (TPSA) is 31.2 Å². The lowest BCUT2D eigenvalue weighted by molar-refractivity contribution is 0.175. The van der Waals surface area contributed by atoms with Gasteiger partial charge in [0, 0.05) is 31.2 Å². The van der Waals surface area contributed by atoms with Gasteiger partial charge in [-0.3, -0.25) is 4.79 Å². The Morgan fingerprint density at radius 1 is 1.41 bits per heavy atom. The fourth-order valence-corrected chi connectivity index (χ4v) is 2.62. The number of halogens is 1. The molecular weight excluding hydrogens is 221 g/mol. The summed E-state index contributed by atoms with van der Waals surface area (Å²) in [6, 6.07) is 6.44. The fraction of sp³-hybridized carbons (Fsp3) is 0.308. The van der Waals surface area contributed by atoms with Crippen LogP contribution in [0.2, 0.25) is 0 Å². The summed E-state index contributed by atoms with van der Waals surface area (Å²) >= 11 is 0. The molecule has 1 atom stereocenters. The van der Waals surface area contributed by atoms with Crippen molar-refractivity contribution >= 4 is 10.9 Å². The van der Waals surface area contributed by atoms with Gasteiger partial charge in [-0.05, 0) is 23.6 Å². The van der Waals surface area contributed by atoms with E-state index in [2.05, 4.69) is 0 Å². The molecule has 0 saturated carbocycles. The van der Waals surface area contributed by atoms with Gasteiger partial charge in [-0.1, -0.05) is 0 Å². The minimum atomic E-state index is -0.253. The third-order valence-electron chi connectivity index (χ3n) is 3.32. The van der Waals surface area contributed by atoms with Crippen molar-refractivity contribution in [2.75, 3.05) is 13.7 Å². The molecule has 0 radical (unpaired) electrons. The Kier molecular flexibility index (Phi) is 2.26. The smallest absolute Gasteiger partial charge is 0.251 e. The lowest BCUT2D eigenvalue weighted by atomic mass is 10.0. The Morgan fingerprint density at radius 2 is 2.18 bits per heavy atom. The van der Waals surface area contributed by atoms with Gasteiger partial charge in [0.1, 0.15) is 5.82 Å². The van der Waals surface area contributed by atoms with E-state index in [1.165, 1.54) is 12.1 Å². The highest BCUT2D eigenvalue weighted by atomic mass is 19.1. The average Bonchev–Trinajstić information content (AvgIpc) is 2.69. The maximum absolute atomic E-state index is 13.9. The van der Waals surface area contributed by atoms with Crippen molar-refractivity contribution in [2.45, 2.75) is 12.5 Å². The van der Waals surface area contributed by atoms with Crippen molar-refractivity contribution in [1.29, 1.82) is 0 Å². The average molecular weight is 233 g/mol. The number of ether oxygens (including phenoxy) is 1. The summed E-state index contributed by atoms with van der Waals surface area (Å²) < 4.78 is 20.6. The van der Waals surface area contributed by atoms with Crippen LogP contribution in [0.25, 0.3) is 10.9 Å². The molecule has 1 unspecified atom stereocenters. The van der Waals surface area contributed by atoms with Crippen LogP contribution < -0.4 is 5.56 Å². The summed E-state index contributed by atoms with van der Waals surface area (Å²) in [7, 11) is 1.59. The second-order valence-electron chi connectivity index (χ2n) is 4.33. The van der Waals surface area contributed by atoms with E-state index in [9.17, 15) is 9.18 Å². The van der Waals surface area contributed by atoms with Crippen LogP contribution in [-0.2, 0) is 11.3 Å². The first-order valence-electron chi connectivity index (χ1n) is 5.53. The van der Waals surface area contributed by atoms with E-state index < -0.39 is 0 Å². The van der Waals surface area contributed by atoms with Crippen LogP contribution in [0.3, 0.4) is 0 Å². The number of benzene rings is 1. The van der Waals surface area contributed by atoms with Gasteiger partial charge in [-0.15, -0.1) is 0 Å². The van der Waals surface area contributed by atoms with Gasteiger partial charge in [-0.25, -0.2) is 4.39 Å². The maximum Gasteiger partial charge on any atom is 0.251 e. The number of pyridine rings is 1. The molecule has 0 saturated heterocycles.